The van der Waals surface area contributed by atoms with Crippen LogP contribution in [0.3, 0.4) is 0 Å². The molecule has 88 valence electrons. The zero-order valence-electron chi connectivity index (χ0n) is 9.60. The van der Waals surface area contributed by atoms with Crippen LogP contribution < -0.4 is 14.8 Å². The van der Waals surface area contributed by atoms with Gasteiger partial charge in [0.05, 0.1) is 13.7 Å². The molecule has 0 saturated carbocycles. The Hall–Kier alpha value is -0.930. The molecule has 0 unspecified atom stereocenters. The van der Waals surface area contributed by atoms with E-state index < -0.39 is 0 Å². The minimum absolute atomic E-state index is 0.614. The molecule has 0 aromatic heterocycles. The first-order valence-corrected chi connectivity index (χ1v) is 5.81. The van der Waals surface area contributed by atoms with Crippen LogP contribution in [0.15, 0.2) is 6.07 Å². The van der Waals surface area contributed by atoms with Crippen LogP contribution >= 0.6 is 11.6 Å². The Balaban J connectivity index is 2.39. The van der Waals surface area contributed by atoms with Gasteiger partial charge in [-0.15, -0.1) is 0 Å². The molecule has 3 nitrogen and oxygen atoms in total. The van der Waals surface area contributed by atoms with E-state index in [1.165, 1.54) is 5.56 Å². The number of halogens is 1. The molecule has 0 saturated heterocycles. The monoisotopic (exact) mass is 241 g/mol. The number of methoxy groups -OCH3 is 1. The third-order valence-corrected chi connectivity index (χ3v) is 3.14. The molecule has 1 aliphatic rings. The van der Waals surface area contributed by atoms with Crippen molar-refractivity contribution < 1.29 is 9.47 Å². The lowest BCUT2D eigenvalue weighted by Gasteiger charge is -2.13. The SMILES string of the molecule is CNCCc1cc2c(c(Cl)c1OC)OCC2. The first-order valence-electron chi connectivity index (χ1n) is 5.43. The number of ether oxygens (including phenoxy) is 2. The Kier molecular flexibility index (Phi) is 3.56. The molecule has 1 N–H and O–H groups in total. The summed E-state index contributed by atoms with van der Waals surface area (Å²) in [6, 6.07) is 2.14. The van der Waals surface area contributed by atoms with E-state index in [1.54, 1.807) is 7.11 Å². The van der Waals surface area contributed by atoms with E-state index in [2.05, 4.69) is 11.4 Å². The van der Waals surface area contributed by atoms with Crippen molar-refractivity contribution in [3.05, 3.63) is 22.2 Å². The highest BCUT2D eigenvalue weighted by atomic mass is 35.5. The Morgan fingerprint density at radius 3 is 3.06 bits per heavy atom. The summed E-state index contributed by atoms with van der Waals surface area (Å²) in [5, 5.41) is 3.74. The van der Waals surface area contributed by atoms with E-state index in [1.807, 2.05) is 7.05 Å². The molecule has 2 rings (SSSR count). The Morgan fingerprint density at radius 2 is 2.38 bits per heavy atom. The topological polar surface area (TPSA) is 30.5 Å². The van der Waals surface area contributed by atoms with Gasteiger partial charge in [0, 0.05) is 6.42 Å². The van der Waals surface area contributed by atoms with Gasteiger partial charge < -0.3 is 14.8 Å². The largest absolute Gasteiger partial charge is 0.495 e. The van der Waals surface area contributed by atoms with Gasteiger partial charge in [-0.2, -0.15) is 0 Å². The summed E-state index contributed by atoms with van der Waals surface area (Å²) in [7, 11) is 3.58. The average Bonchev–Trinajstić information content (AvgIpc) is 2.75. The summed E-state index contributed by atoms with van der Waals surface area (Å²) in [6.07, 6.45) is 1.85. The van der Waals surface area contributed by atoms with Crippen molar-refractivity contribution in [2.45, 2.75) is 12.8 Å². The van der Waals surface area contributed by atoms with Crippen LogP contribution in [0, 0.1) is 0 Å². The number of rotatable bonds is 4. The van der Waals surface area contributed by atoms with Crippen LogP contribution in [0.1, 0.15) is 11.1 Å². The number of hydrogen-bond acceptors (Lipinski definition) is 3. The van der Waals surface area contributed by atoms with Gasteiger partial charge in [0.15, 0.2) is 0 Å². The second-order valence-electron chi connectivity index (χ2n) is 3.82. The standard InChI is InChI=1S/C12H16ClNO2/c1-14-5-3-8-7-9-4-6-16-12(9)10(13)11(8)15-2/h7,14H,3-6H2,1-2H3. The maximum Gasteiger partial charge on any atom is 0.145 e. The van der Waals surface area contributed by atoms with Crippen molar-refractivity contribution in [2.75, 3.05) is 27.3 Å². The summed E-state index contributed by atoms with van der Waals surface area (Å²) in [6.45, 7) is 1.63. The van der Waals surface area contributed by atoms with Gasteiger partial charge in [0.2, 0.25) is 0 Å². The Bertz CT molecular complexity index is 393. The molecule has 0 spiro atoms. The van der Waals surface area contributed by atoms with Crippen LogP contribution in [0.5, 0.6) is 11.5 Å². The fourth-order valence-corrected chi connectivity index (χ4v) is 2.37. The second kappa shape index (κ2) is 4.93. The van der Waals surface area contributed by atoms with E-state index in [4.69, 9.17) is 21.1 Å². The highest BCUT2D eigenvalue weighted by molar-refractivity contribution is 6.33. The Labute approximate surface area is 101 Å². The summed E-state index contributed by atoms with van der Waals surface area (Å²) in [4.78, 5) is 0. The fraction of sp³-hybridized carbons (Fsp3) is 0.500. The van der Waals surface area contributed by atoms with Crippen molar-refractivity contribution >= 4 is 11.6 Å². The summed E-state index contributed by atoms with van der Waals surface area (Å²) in [5.74, 6) is 1.55. The normalized spacial score (nSPS) is 13.4. The number of likely N-dealkylation sites (N-methyl/N-ethyl adjacent to an activating group) is 1. The molecule has 0 fully saturated rings. The predicted octanol–water partition coefficient (Wildman–Crippen LogP) is 2.05. The fourth-order valence-electron chi connectivity index (χ4n) is 2.00. The van der Waals surface area contributed by atoms with Crippen molar-refractivity contribution in [1.29, 1.82) is 0 Å². The van der Waals surface area contributed by atoms with Crippen LogP contribution in [0.4, 0.5) is 0 Å². The molecule has 0 atom stereocenters. The molecule has 0 aliphatic carbocycles. The van der Waals surface area contributed by atoms with Gasteiger partial charge in [0.1, 0.15) is 16.5 Å². The molecule has 1 aromatic rings. The second-order valence-corrected chi connectivity index (χ2v) is 4.20. The lowest BCUT2D eigenvalue weighted by atomic mass is 10.0. The lowest BCUT2D eigenvalue weighted by Crippen LogP contribution is -2.11. The molecule has 4 heteroatoms. The molecule has 1 aromatic carbocycles. The molecule has 16 heavy (non-hydrogen) atoms. The third kappa shape index (κ3) is 1.97. The van der Waals surface area contributed by atoms with E-state index >= 15 is 0 Å². The maximum absolute atomic E-state index is 6.27. The van der Waals surface area contributed by atoms with Crippen LogP contribution in [0.2, 0.25) is 5.02 Å². The van der Waals surface area contributed by atoms with E-state index in [9.17, 15) is 0 Å². The highest BCUT2D eigenvalue weighted by Crippen LogP contribution is 2.42. The third-order valence-electron chi connectivity index (χ3n) is 2.80. The van der Waals surface area contributed by atoms with Gasteiger partial charge in [-0.25, -0.2) is 0 Å². The molecule has 1 heterocycles. The summed E-state index contributed by atoms with van der Waals surface area (Å²) >= 11 is 6.27. The minimum atomic E-state index is 0.614. The average molecular weight is 242 g/mol. The number of hydrogen-bond donors (Lipinski definition) is 1. The van der Waals surface area contributed by atoms with Crippen LogP contribution in [0.25, 0.3) is 0 Å². The van der Waals surface area contributed by atoms with E-state index in [0.717, 1.165) is 36.4 Å². The zero-order chi connectivity index (χ0) is 11.5. The number of nitrogens with one attached hydrogen (secondary N) is 1. The molecular weight excluding hydrogens is 226 g/mol. The number of benzene rings is 1. The minimum Gasteiger partial charge on any atom is -0.495 e. The number of fused-ring (bicyclic) bond motifs is 1. The highest BCUT2D eigenvalue weighted by Gasteiger charge is 2.22. The van der Waals surface area contributed by atoms with Crippen molar-refractivity contribution in [3.8, 4) is 11.5 Å². The quantitative estimate of drug-likeness (QED) is 0.875. The molecule has 0 radical (unpaired) electrons. The first kappa shape index (κ1) is 11.6. The van der Waals surface area contributed by atoms with Crippen molar-refractivity contribution in [3.63, 3.8) is 0 Å². The van der Waals surface area contributed by atoms with Gasteiger partial charge in [-0.3, -0.25) is 0 Å². The van der Waals surface area contributed by atoms with Gasteiger partial charge >= 0.3 is 0 Å². The van der Waals surface area contributed by atoms with Crippen LogP contribution in [-0.2, 0) is 12.8 Å². The molecular formula is C12H16ClNO2. The predicted molar refractivity (Wildman–Crippen MR) is 64.8 cm³/mol. The first-order chi connectivity index (χ1) is 7.77. The summed E-state index contributed by atoms with van der Waals surface area (Å²) in [5.41, 5.74) is 2.34. The van der Waals surface area contributed by atoms with E-state index in [0.29, 0.717) is 11.6 Å². The summed E-state index contributed by atoms with van der Waals surface area (Å²) < 4.78 is 10.9. The zero-order valence-corrected chi connectivity index (χ0v) is 10.4. The van der Waals surface area contributed by atoms with Crippen LogP contribution in [-0.4, -0.2) is 27.3 Å². The van der Waals surface area contributed by atoms with Gasteiger partial charge in [-0.1, -0.05) is 11.6 Å². The van der Waals surface area contributed by atoms with Crippen molar-refractivity contribution in [1.82, 2.24) is 5.32 Å². The molecule has 1 aliphatic heterocycles. The van der Waals surface area contributed by atoms with Gasteiger partial charge in [0.25, 0.3) is 0 Å². The van der Waals surface area contributed by atoms with Crippen molar-refractivity contribution in [2.24, 2.45) is 0 Å². The molecule has 0 bridgehead atoms. The lowest BCUT2D eigenvalue weighted by molar-refractivity contribution is 0.352. The van der Waals surface area contributed by atoms with Gasteiger partial charge in [-0.05, 0) is 37.2 Å². The molecule has 0 amide bonds. The smallest absolute Gasteiger partial charge is 0.145 e. The van der Waals surface area contributed by atoms with E-state index in [-0.39, 0.29) is 0 Å². The maximum atomic E-state index is 6.27. The Morgan fingerprint density at radius 1 is 1.56 bits per heavy atom.